The second-order valence-corrected chi connectivity index (χ2v) is 9.50. The van der Waals surface area contributed by atoms with Crippen molar-refractivity contribution in [3.05, 3.63) is 96.3 Å². The molecule has 0 aliphatic rings. The van der Waals surface area contributed by atoms with Crippen molar-refractivity contribution in [1.82, 2.24) is 14.8 Å². The minimum absolute atomic E-state index is 0.731. The molecule has 0 aliphatic heterocycles. The van der Waals surface area contributed by atoms with Gasteiger partial charge in [0.25, 0.3) is 0 Å². The van der Waals surface area contributed by atoms with E-state index >= 15 is 0 Å². The van der Waals surface area contributed by atoms with Crippen LogP contribution in [0, 0.1) is 6.92 Å². The van der Waals surface area contributed by atoms with Gasteiger partial charge in [-0.05, 0) is 56.2 Å². The van der Waals surface area contributed by atoms with Gasteiger partial charge in [0.2, 0.25) is 0 Å². The zero-order valence-corrected chi connectivity index (χ0v) is 19.8. The highest BCUT2D eigenvalue weighted by molar-refractivity contribution is 7.99. The summed E-state index contributed by atoms with van der Waals surface area (Å²) in [5.41, 5.74) is 2.38. The van der Waals surface area contributed by atoms with Gasteiger partial charge >= 0.3 is 0 Å². The van der Waals surface area contributed by atoms with E-state index in [4.69, 9.17) is 4.74 Å². The Bertz CT molecular complexity index is 1080. The van der Waals surface area contributed by atoms with Gasteiger partial charge in [0.05, 0.1) is 12.4 Å². The Morgan fingerprint density at radius 1 is 0.781 bits per heavy atom. The van der Waals surface area contributed by atoms with E-state index < -0.39 is 0 Å². The van der Waals surface area contributed by atoms with Gasteiger partial charge in [0.1, 0.15) is 11.6 Å². The molecular weight excluding hydrogens is 434 g/mol. The summed E-state index contributed by atoms with van der Waals surface area (Å²) in [5.74, 6) is 3.65. The molecule has 32 heavy (non-hydrogen) atoms. The molecule has 164 valence electrons. The molecule has 6 heteroatoms. The van der Waals surface area contributed by atoms with Crippen molar-refractivity contribution in [1.29, 1.82) is 0 Å². The summed E-state index contributed by atoms with van der Waals surface area (Å²) >= 11 is 3.55. The lowest BCUT2D eigenvalue weighted by molar-refractivity contribution is 0.310. The molecule has 1 heterocycles. The predicted molar refractivity (Wildman–Crippen MR) is 134 cm³/mol. The summed E-state index contributed by atoms with van der Waals surface area (Å²) in [5, 5.41) is 9.99. The predicted octanol–water partition coefficient (Wildman–Crippen LogP) is 6.82. The molecular formula is C26H27N3OS2. The summed E-state index contributed by atoms with van der Waals surface area (Å²) in [4.78, 5) is 1.24. The normalized spacial score (nSPS) is 10.9. The Kier molecular flexibility index (Phi) is 8.29. The van der Waals surface area contributed by atoms with Gasteiger partial charge in [-0.2, -0.15) is 0 Å². The number of unbranched alkanes of at least 4 members (excludes halogenated alkanes) is 1. The van der Waals surface area contributed by atoms with Crippen molar-refractivity contribution in [2.75, 3.05) is 12.4 Å². The second-order valence-electron chi connectivity index (χ2n) is 7.39. The summed E-state index contributed by atoms with van der Waals surface area (Å²) in [6, 6.07) is 29.0. The van der Waals surface area contributed by atoms with E-state index in [1.54, 1.807) is 23.5 Å². The Hall–Kier alpha value is -2.70. The molecule has 0 fully saturated rings. The summed E-state index contributed by atoms with van der Waals surface area (Å²) in [6.07, 6.45) is 2.07. The van der Waals surface area contributed by atoms with Gasteiger partial charge < -0.3 is 4.74 Å². The van der Waals surface area contributed by atoms with Crippen LogP contribution in [0.1, 0.15) is 24.2 Å². The lowest BCUT2D eigenvalue weighted by Gasteiger charge is -2.10. The average molecular weight is 462 g/mol. The fraction of sp³-hybridized carbons (Fsp3) is 0.231. The number of hydrogen-bond acceptors (Lipinski definition) is 5. The minimum Gasteiger partial charge on any atom is -0.494 e. The molecule has 0 spiro atoms. The molecule has 0 aliphatic carbocycles. The number of nitrogens with zero attached hydrogens (tertiary/aromatic N) is 3. The maximum Gasteiger partial charge on any atom is 0.195 e. The number of thioether (sulfide) groups is 2. The molecule has 0 unspecified atom stereocenters. The highest BCUT2D eigenvalue weighted by Gasteiger charge is 2.14. The van der Waals surface area contributed by atoms with Crippen molar-refractivity contribution < 1.29 is 4.74 Å². The molecule has 4 rings (SSSR count). The molecule has 0 saturated carbocycles. The van der Waals surface area contributed by atoms with Crippen LogP contribution in [-0.4, -0.2) is 27.1 Å². The first-order chi connectivity index (χ1) is 15.8. The third-order valence-electron chi connectivity index (χ3n) is 4.89. The number of aromatic nitrogens is 3. The van der Waals surface area contributed by atoms with E-state index in [2.05, 4.69) is 70.2 Å². The maximum absolute atomic E-state index is 5.79. The SMILES string of the molecule is Cc1ccc(SCc2nnc(SCCCCOc3ccccc3)n2-c2ccccc2)cc1. The van der Waals surface area contributed by atoms with Crippen molar-refractivity contribution in [2.24, 2.45) is 0 Å². The first-order valence-corrected chi connectivity index (χ1v) is 12.8. The van der Waals surface area contributed by atoms with Crippen molar-refractivity contribution >= 4 is 23.5 Å². The average Bonchev–Trinajstić information content (AvgIpc) is 3.25. The minimum atomic E-state index is 0.731. The number of aryl methyl sites for hydroxylation is 1. The van der Waals surface area contributed by atoms with Crippen LogP contribution in [0.5, 0.6) is 5.75 Å². The van der Waals surface area contributed by atoms with Crippen LogP contribution >= 0.6 is 23.5 Å². The van der Waals surface area contributed by atoms with Crippen LogP contribution in [0.15, 0.2) is 95.0 Å². The number of para-hydroxylation sites is 2. The van der Waals surface area contributed by atoms with E-state index in [1.165, 1.54) is 10.5 Å². The van der Waals surface area contributed by atoms with Gasteiger partial charge in [-0.3, -0.25) is 4.57 Å². The standard InChI is InChI=1S/C26H27N3OS2/c1-21-14-16-24(17-15-21)32-20-25-27-28-26(29(25)22-10-4-2-5-11-22)31-19-9-8-18-30-23-12-6-3-7-13-23/h2-7,10-17H,8-9,18-20H2,1H3. The Labute approximate surface area is 198 Å². The van der Waals surface area contributed by atoms with Crippen molar-refractivity contribution in [2.45, 2.75) is 35.6 Å². The van der Waals surface area contributed by atoms with Gasteiger partial charge in [-0.1, -0.05) is 65.9 Å². The van der Waals surface area contributed by atoms with Gasteiger partial charge in [0.15, 0.2) is 5.16 Å². The molecule has 0 saturated heterocycles. The molecule has 4 nitrogen and oxygen atoms in total. The van der Waals surface area contributed by atoms with Crippen LogP contribution in [0.4, 0.5) is 0 Å². The van der Waals surface area contributed by atoms with E-state index in [-0.39, 0.29) is 0 Å². The van der Waals surface area contributed by atoms with E-state index in [1.807, 2.05) is 36.4 Å². The monoisotopic (exact) mass is 461 g/mol. The lowest BCUT2D eigenvalue weighted by atomic mass is 10.2. The first kappa shape index (κ1) is 22.5. The summed E-state index contributed by atoms with van der Waals surface area (Å²) in [7, 11) is 0. The Morgan fingerprint density at radius 2 is 1.50 bits per heavy atom. The largest absolute Gasteiger partial charge is 0.494 e. The Morgan fingerprint density at radius 3 is 2.25 bits per heavy atom. The lowest BCUT2D eigenvalue weighted by Crippen LogP contribution is -2.02. The third-order valence-corrected chi connectivity index (χ3v) is 6.91. The Balaban J connectivity index is 1.35. The molecule has 1 aromatic heterocycles. The second kappa shape index (κ2) is 11.8. The van der Waals surface area contributed by atoms with Crippen LogP contribution in [0.2, 0.25) is 0 Å². The number of rotatable bonds is 11. The number of benzene rings is 3. The van der Waals surface area contributed by atoms with Crippen LogP contribution in [-0.2, 0) is 5.75 Å². The van der Waals surface area contributed by atoms with E-state index in [0.717, 1.165) is 53.4 Å². The smallest absolute Gasteiger partial charge is 0.195 e. The fourth-order valence-corrected chi connectivity index (χ4v) is 4.96. The van der Waals surface area contributed by atoms with E-state index in [0.29, 0.717) is 0 Å². The van der Waals surface area contributed by atoms with Crippen LogP contribution in [0.3, 0.4) is 0 Å². The summed E-state index contributed by atoms with van der Waals surface area (Å²) < 4.78 is 7.98. The first-order valence-electron chi connectivity index (χ1n) is 10.8. The van der Waals surface area contributed by atoms with Crippen molar-refractivity contribution in [3.63, 3.8) is 0 Å². The molecule has 0 bridgehead atoms. The third kappa shape index (κ3) is 6.40. The molecule has 0 amide bonds. The topological polar surface area (TPSA) is 39.9 Å². The molecule has 0 atom stereocenters. The number of ether oxygens (including phenoxy) is 1. The fourth-order valence-electron chi connectivity index (χ4n) is 3.18. The zero-order valence-electron chi connectivity index (χ0n) is 18.2. The van der Waals surface area contributed by atoms with Gasteiger partial charge in [0, 0.05) is 16.3 Å². The molecule has 4 aromatic rings. The maximum atomic E-state index is 5.79. The van der Waals surface area contributed by atoms with Crippen LogP contribution < -0.4 is 4.74 Å². The highest BCUT2D eigenvalue weighted by atomic mass is 32.2. The zero-order chi connectivity index (χ0) is 22.0. The van der Waals surface area contributed by atoms with Crippen LogP contribution in [0.25, 0.3) is 5.69 Å². The van der Waals surface area contributed by atoms with Gasteiger partial charge in [-0.15, -0.1) is 22.0 Å². The highest BCUT2D eigenvalue weighted by Crippen LogP contribution is 2.28. The van der Waals surface area contributed by atoms with E-state index in [9.17, 15) is 0 Å². The summed E-state index contributed by atoms with van der Waals surface area (Å²) in [6.45, 7) is 2.84. The molecule has 0 radical (unpaired) electrons. The molecule has 0 N–H and O–H groups in total. The molecule has 3 aromatic carbocycles. The number of hydrogen-bond donors (Lipinski definition) is 0. The van der Waals surface area contributed by atoms with Gasteiger partial charge in [-0.25, -0.2) is 0 Å². The quantitative estimate of drug-likeness (QED) is 0.181. The van der Waals surface area contributed by atoms with Crippen molar-refractivity contribution in [3.8, 4) is 11.4 Å².